The van der Waals surface area contributed by atoms with E-state index in [1.165, 1.54) is 16.5 Å². The second-order valence-corrected chi connectivity index (χ2v) is 10.4. The highest BCUT2D eigenvalue weighted by molar-refractivity contribution is 7.10. The maximum atomic E-state index is 14.0. The van der Waals surface area contributed by atoms with Crippen molar-refractivity contribution >= 4 is 29.1 Å². The highest BCUT2D eigenvalue weighted by atomic mass is 32.1. The molecule has 36 heavy (non-hydrogen) atoms. The topological polar surface area (TPSA) is 70.2 Å². The van der Waals surface area contributed by atoms with Crippen molar-refractivity contribution in [1.82, 2.24) is 14.7 Å². The van der Waals surface area contributed by atoms with E-state index in [-0.39, 0.29) is 48.5 Å². The van der Waals surface area contributed by atoms with Crippen LogP contribution in [0.2, 0.25) is 0 Å². The Kier molecular flexibility index (Phi) is 8.74. The molecule has 4 rings (SSSR count). The summed E-state index contributed by atoms with van der Waals surface area (Å²) in [6.07, 6.45) is 1.50. The van der Waals surface area contributed by atoms with Gasteiger partial charge in [-0.05, 0) is 55.0 Å². The van der Waals surface area contributed by atoms with E-state index < -0.39 is 0 Å². The smallest absolute Gasteiger partial charge is 0.306 e. The molecular weight excluding hydrogens is 481 g/mol. The molecule has 2 aliphatic heterocycles. The Balaban J connectivity index is 1.33. The van der Waals surface area contributed by atoms with Gasteiger partial charge in [0.1, 0.15) is 5.82 Å². The van der Waals surface area contributed by atoms with Crippen LogP contribution in [0.25, 0.3) is 0 Å². The van der Waals surface area contributed by atoms with Gasteiger partial charge in [-0.15, -0.1) is 11.3 Å². The van der Waals surface area contributed by atoms with Crippen LogP contribution in [0.15, 0.2) is 35.7 Å². The number of carbonyl (C=O) groups is 3. The number of nitrogens with zero attached hydrogens (tertiary/aromatic N) is 3. The summed E-state index contributed by atoms with van der Waals surface area (Å²) in [4.78, 5) is 44.5. The molecule has 0 bridgehead atoms. The molecule has 1 aromatic heterocycles. The number of amides is 2. The summed E-state index contributed by atoms with van der Waals surface area (Å²) < 4.78 is 18.9. The third-order valence-corrected chi connectivity index (χ3v) is 7.99. The van der Waals surface area contributed by atoms with Crippen LogP contribution in [-0.4, -0.2) is 77.9 Å². The van der Waals surface area contributed by atoms with E-state index >= 15 is 0 Å². The highest BCUT2D eigenvalue weighted by Gasteiger charge is 2.32. The molecule has 1 aromatic carbocycles. The molecule has 2 aromatic rings. The summed E-state index contributed by atoms with van der Waals surface area (Å²) in [5.41, 5.74) is 2.11. The molecule has 0 aliphatic carbocycles. The molecule has 2 aliphatic rings. The molecule has 0 saturated carbocycles. The molecule has 1 saturated heterocycles. The van der Waals surface area contributed by atoms with Gasteiger partial charge in [-0.3, -0.25) is 19.3 Å². The largest absolute Gasteiger partial charge is 0.466 e. The maximum Gasteiger partial charge on any atom is 0.306 e. The molecule has 1 fully saturated rings. The van der Waals surface area contributed by atoms with Crippen molar-refractivity contribution in [3.63, 3.8) is 0 Å². The van der Waals surface area contributed by atoms with Crippen LogP contribution >= 0.6 is 11.3 Å². The van der Waals surface area contributed by atoms with Crippen LogP contribution in [0, 0.1) is 5.82 Å². The zero-order valence-electron chi connectivity index (χ0n) is 21.0. The molecule has 3 heterocycles. The number of ether oxygens (including phenoxy) is 1. The Hall–Kier alpha value is -2.78. The molecule has 0 spiro atoms. The first kappa shape index (κ1) is 26.3. The maximum absolute atomic E-state index is 14.0. The number of benzene rings is 1. The fourth-order valence-electron chi connectivity index (χ4n) is 5.21. The minimum atomic E-state index is -0.365. The Morgan fingerprint density at radius 2 is 1.92 bits per heavy atom. The molecule has 0 unspecified atom stereocenters. The van der Waals surface area contributed by atoms with E-state index in [4.69, 9.17) is 4.74 Å². The van der Waals surface area contributed by atoms with Gasteiger partial charge in [-0.1, -0.05) is 12.1 Å². The number of carbonyl (C=O) groups excluding carboxylic acids is 3. The molecule has 0 N–H and O–H groups in total. The van der Waals surface area contributed by atoms with Gasteiger partial charge in [0.2, 0.25) is 11.8 Å². The predicted octanol–water partition coefficient (Wildman–Crippen LogP) is 3.63. The standard InChI is InChI=1S/C27H34FN3O4S/c1-3-35-26(34)8-7-25(33)31-15-14-30(18-19(31)2)24(32)10-13-29-12-9-23-22(11-16-36-23)27(29)20-5-4-6-21(28)17-20/h4-6,11,16-17,19,27H,3,7-10,12-15,18H2,1-2H3/t19-,27-/m0/s1. The van der Waals surface area contributed by atoms with E-state index in [0.717, 1.165) is 18.5 Å². The molecule has 2 atom stereocenters. The van der Waals surface area contributed by atoms with Gasteiger partial charge in [-0.2, -0.15) is 0 Å². The van der Waals surface area contributed by atoms with Gasteiger partial charge in [0.05, 0.1) is 19.1 Å². The fourth-order valence-corrected chi connectivity index (χ4v) is 6.12. The van der Waals surface area contributed by atoms with Gasteiger partial charge in [0.25, 0.3) is 0 Å². The van der Waals surface area contributed by atoms with Gasteiger partial charge in [-0.25, -0.2) is 4.39 Å². The summed E-state index contributed by atoms with van der Waals surface area (Å²) in [6, 6.07) is 8.68. The number of esters is 1. The summed E-state index contributed by atoms with van der Waals surface area (Å²) in [6.45, 7) is 6.81. The second-order valence-electron chi connectivity index (χ2n) is 9.37. The second kappa shape index (κ2) is 12.0. The summed E-state index contributed by atoms with van der Waals surface area (Å²) >= 11 is 1.73. The Bertz CT molecular complexity index is 1090. The number of hydrogen-bond acceptors (Lipinski definition) is 6. The fraction of sp³-hybridized carbons (Fsp3) is 0.519. The highest BCUT2D eigenvalue weighted by Crippen LogP contribution is 2.38. The van der Waals surface area contributed by atoms with Crippen molar-refractivity contribution < 1.29 is 23.5 Å². The average molecular weight is 516 g/mol. The van der Waals surface area contributed by atoms with Crippen molar-refractivity contribution in [3.05, 3.63) is 57.5 Å². The average Bonchev–Trinajstić information content (AvgIpc) is 3.34. The van der Waals surface area contributed by atoms with Crippen LogP contribution in [0.4, 0.5) is 4.39 Å². The lowest BCUT2D eigenvalue weighted by Gasteiger charge is -2.41. The first-order chi connectivity index (χ1) is 17.4. The first-order valence-electron chi connectivity index (χ1n) is 12.7. The number of thiophene rings is 1. The number of rotatable bonds is 8. The van der Waals surface area contributed by atoms with Crippen molar-refractivity contribution in [1.29, 1.82) is 0 Å². The number of halogens is 1. The summed E-state index contributed by atoms with van der Waals surface area (Å²) in [5.74, 6) is -0.638. The normalized spacial score (nSPS) is 20.2. The van der Waals surface area contributed by atoms with E-state index in [1.54, 1.807) is 35.3 Å². The van der Waals surface area contributed by atoms with Crippen LogP contribution in [0.3, 0.4) is 0 Å². The van der Waals surface area contributed by atoms with Crippen LogP contribution in [0.1, 0.15) is 55.2 Å². The third-order valence-electron chi connectivity index (χ3n) is 6.99. The lowest BCUT2D eigenvalue weighted by atomic mass is 9.93. The minimum Gasteiger partial charge on any atom is -0.466 e. The Labute approximate surface area is 215 Å². The molecule has 194 valence electrons. The zero-order valence-corrected chi connectivity index (χ0v) is 21.8. The van der Waals surface area contributed by atoms with Crippen molar-refractivity contribution in [2.75, 3.05) is 39.3 Å². The zero-order chi connectivity index (χ0) is 25.7. The van der Waals surface area contributed by atoms with Crippen molar-refractivity contribution in [2.24, 2.45) is 0 Å². The summed E-state index contributed by atoms with van der Waals surface area (Å²) in [5, 5.41) is 2.08. The molecule has 9 heteroatoms. The van der Waals surface area contributed by atoms with Gasteiger partial charge < -0.3 is 14.5 Å². The van der Waals surface area contributed by atoms with E-state index in [0.29, 0.717) is 39.2 Å². The van der Waals surface area contributed by atoms with Crippen LogP contribution in [-0.2, 0) is 25.5 Å². The Morgan fingerprint density at radius 1 is 1.08 bits per heavy atom. The number of hydrogen-bond donors (Lipinski definition) is 0. The van der Waals surface area contributed by atoms with Gasteiger partial charge >= 0.3 is 5.97 Å². The van der Waals surface area contributed by atoms with Crippen molar-refractivity contribution in [3.8, 4) is 0 Å². The van der Waals surface area contributed by atoms with E-state index in [9.17, 15) is 18.8 Å². The monoisotopic (exact) mass is 515 g/mol. The predicted molar refractivity (Wildman–Crippen MR) is 136 cm³/mol. The lowest BCUT2D eigenvalue weighted by molar-refractivity contribution is -0.147. The van der Waals surface area contributed by atoms with E-state index in [2.05, 4.69) is 16.3 Å². The quantitative estimate of drug-likeness (QED) is 0.503. The van der Waals surface area contributed by atoms with E-state index in [1.807, 2.05) is 17.9 Å². The Morgan fingerprint density at radius 3 is 2.67 bits per heavy atom. The van der Waals surface area contributed by atoms with Crippen LogP contribution in [0.5, 0.6) is 0 Å². The van der Waals surface area contributed by atoms with Crippen LogP contribution < -0.4 is 0 Å². The molecule has 0 radical (unpaired) electrons. The molecule has 2 amide bonds. The van der Waals surface area contributed by atoms with Gasteiger partial charge in [0.15, 0.2) is 0 Å². The first-order valence-corrected chi connectivity index (χ1v) is 13.5. The minimum absolute atomic E-state index is 0.0590. The van der Waals surface area contributed by atoms with Crippen molar-refractivity contribution in [2.45, 2.75) is 51.6 Å². The SMILES string of the molecule is CCOC(=O)CCC(=O)N1CCN(C(=O)CCN2CCc3sccc3[C@@H]2c2cccc(F)c2)C[C@@H]1C. The van der Waals surface area contributed by atoms with Gasteiger partial charge in [0, 0.05) is 56.5 Å². The molecular formula is C27H34FN3O4S. The summed E-state index contributed by atoms with van der Waals surface area (Å²) in [7, 11) is 0. The molecule has 7 nitrogen and oxygen atoms in total. The lowest BCUT2D eigenvalue weighted by Crippen LogP contribution is -2.55. The number of piperazine rings is 1. The third kappa shape index (κ3) is 6.13. The number of fused-ring (bicyclic) bond motifs is 1.